The van der Waals surface area contributed by atoms with Gasteiger partial charge in [0.1, 0.15) is 5.75 Å². The molecule has 5 heteroatoms. The third-order valence-electron chi connectivity index (χ3n) is 3.58. The van der Waals surface area contributed by atoms with Gasteiger partial charge in [-0.25, -0.2) is 4.79 Å². The lowest BCUT2D eigenvalue weighted by Gasteiger charge is -2.32. The summed E-state index contributed by atoms with van der Waals surface area (Å²) in [4.78, 5) is 11.8. The third kappa shape index (κ3) is 3.86. The molecule has 2 rings (SSSR count). The maximum atomic E-state index is 11.8. The summed E-state index contributed by atoms with van der Waals surface area (Å²) in [5, 5.41) is 24.4. The van der Waals surface area contributed by atoms with Crippen molar-refractivity contribution in [2.75, 3.05) is 5.32 Å². The second-order valence-electron chi connectivity index (χ2n) is 5.20. The second-order valence-corrected chi connectivity index (χ2v) is 5.20. The molecular weight excluding hydrogens is 244 g/mol. The predicted molar refractivity (Wildman–Crippen MR) is 73.1 cm³/mol. The van der Waals surface area contributed by atoms with E-state index in [9.17, 15) is 9.90 Å². The lowest BCUT2D eigenvalue weighted by Crippen LogP contribution is -2.45. The van der Waals surface area contributed by atoms with Crippen LogP contribution >= 0.6 is 0 Å². The minimum absolute atomic E-state index is 0.0977. The predicted octanol–water partition coefficient (Wildman–Crippen LogP) is 2.06. The summed E-state index contributed by atoms with van der Waals surface area (Å²) < 4.78 is 0. The Morgan fingerprint density at radius 3 is 2.58 bits per heavy atom. The fourth-order valence-corrected chi connectivity index (χ4v) is 2.46. The van der Waals surface area contributed by atoms with Crippen LogP contribution in [-0.2, 0) is 0 Å². The van der Waals surface area contributed by atoms with Crippen molar-refractivity contribution in [1.29, 1.82) is 0 Å². The van der Waals surface area contributed by atoms with Crippen molar-refractivity contribution in [1.82, 2.24) is 5.32 Å². The Morgan fingerprint density at radius 2 is 1.95 bits per heavy atom. The number of nitrogens with one attached hydrogen (secondary N) is 2. The van der Waals surface area contributed by atoms with E-state index < -0.39 is 0 Å². The molecule has 0 saturated heterocycles. The van der Waals surface area contributed by atoms with E-state index in [0.29, 0.717) is 5.69 Å². The Kier molecular flexibility index (Phi) is 4.27. The average molecular weight is 264 g/mol. The standard InChI is InChI=1S/C14H20N2O3/c1-9-8-12(18)6-7-13(9)16-14(19)15-10-2-4-11(17)5-3-10/h2-5,9,12-13,17-18H,6-8H2,1H3,(H2,15,16,19). The van der Waals surface area contributed by atoms with Crippen LogP contribution in [0.3, 0.4) is 0 Å². The molecule has 1 fully saturated rings. The number of carbonyl (C=O) groups excluding carboxylic acids is 1. The van der Waals surface area contributed by atoms with Crippen molar-refractivity contribution < 1.29 is 15.0 Å². The number of hydrogen-bond donors (Lipinski definition) is 4. The highest BCUT2D eigenvalue weighted by atomic mass is 16.3. The van der Waals surface area contributed by atoms with Gasteiger partial charge in [0.05, 0.1) is 6.10 Å². The molecular formula is C14H20N2O3. The Bertz CT molecular complexity index is 433. The highest BCUT2D eigenvalue weighted by molar-refractivity contribution is 5.89. The summed E-state index contributed by atoms with van der Waals surface area (Å²) in [5.41, 5.74) is 0.638. The maximum Gasteiger partial charge on any atom is 0.319 e. The number of phenolic OH excluding ortho intramolecular Hbond substituents is 1. The monoisotopic (exact) mass is 264 g/mol. The molecule has 0 bridgehead atoms. The minimum atomic E-state index is -0.251. The van der Waals surface area contributed by atoms with Crippen LogP contribution in [0.4, 0.5) is 10.5 Å². The van der Waals surface area contributed by atoms with Crippen LogP contribution in [0.25, 0.3) is 0 Å². The summed E-state index contributed by atoms with van der Waals surface area (Å²) in [5.74, 6) is 0.440. The number of aromatic hydroxyl groups is 1. The van der Waals surface area contributed by atoms with Gasteiger partial charge in [-0.1, -0.05) is 6.92 Å². The van der Waals surface area contributed by atoms with E-state index >= 15 is 0 Å². The summed E-state index contributed by atoms with van der Waals surface area (Å²) in [6.07, 6.45) is 2.01. The number of aliphatic hydroxyl groups is 1. The van der Waals surface area contributed by atoms with Crippen molar-refractivity contribution in [2.45, 2.75) is 38.3 Å². The molecule has 1 aromatic carbocycles. The zero-order chi connectivity index (χ0) is 13.8. The van der Waals surface area contributed by atoms with E-state index in [1.54, 1.807) is 12.1 Å². The van der Waals surface area contributed by atoms with Crippen LogP contribution < -0.4 is 10.6 Å². The van der Waals surface area contributed by atoms with Gasteiger partial charge >= 0.3 is 6.03 Å². The normalized spacial score (nSPS) is 26.7. The van der Waals surface area contributed by atoms with Crippen LogP contribution in [0.1, 0.15) is 26.2 Å². The lowest BCUT2D eigenvalue weighted by molar-refractivity contribution is 0.0897. The van der Waals surface area contributed by atoms with Crippen molar-refractivity contribution in [3.05, 3.63) is 24.3 Å². The molecule has 0 aliphatic heterocycles. The van der Waals surface area contributed by atoms with Gasteiger partial charge in [0.15, 0.2) is 0 Å². The lowest BCUT2D eigenvalue weighted by atomic mass is 9.84. The topological polar surface area (TPSA) is 81.6 Å². The SMILES string of the molecule is CC1CC(O)CCC1NC(=O)Nc1ccc(O)cc1. The van der Waals surface area contributed by atoms with E-state index in [4.69, 9.17) is 5.11 Å². The Morgan fingerprint density at radius 1 is 1.26 bits per heavy atom. The summed E-state index contributed by atoms with van der Waals surface area (Å²) in [6.45, 7) is 2.04. The van der Waals surface area contributed by atoms with Crippen molar-refractivity contribution >= 4 is 11.7 Å². The molecule has 4 N–H and O–H groups in total. The zero-order valence-electron chi connectivity index (χ0n) is 11.0. The molecule has 3 unspecified atom stereocenters. The second kappa shape index (κ2) is 5.93. The van der Waals surface area contributed by atoms with Gasteiger partial charge in [-0.05, 0) is 49.4 Å². The van der Waals surface area contributed by atoms with Crippen molar-refractivity contribution in [3.8, 4) is 5.75 Å². The number of benzene rings is 1. The van der Waals surface area contributed by atoms with Crippen LogP contribution in [0.15, 0.2) is 24.3 Å². The molecule has 1 aliphatic carbocycles. The first-order valence-corrected chi connectivity index (χ1v) is 6.59. The number of urea groups is 1. The van der Waals surface area contributed by atoms with Gasteiger partial charge in [-0.15, -0.1) is 0 Å². The summed E-state index contributed by atoms with van der Waals surface area (Å²) >= 11 is 0. The number of hydrogen-bond acceptors (Lipinski definition) is 3. The minimum Gasteiger partial charge on any atom is -0.508 e. The number of rotatable bonds is 2. The number of anilines is 1. The number of phenols is 1. The largest absolute Gasteiger partial charge is 0.508 e. The van der Waals surface area contributed by atoms with Gasteiger partial charge in [0, 0.05) is 11.7 Å². The van der Waals surface area contributed by atoms with Crippen molar-refractivity contribution in [2.24, 2.45) is 5.92 Å². The van der Waals surface area contributed by atoms with E-state index in [1.807, 2.05) is 6.92 Å². The number of carbonyl (C=O) groups is 1. The molecule has 1 aliphatic rings. The Hall–Kier alpha value is -1.75. The van der Waals surface area contributed by atoms with Gasteiger partial charge in [-0.2, -0.15) is 0 Å². The molecule has 104 valence electrons. The van der Waals surface area contributed by atoms with Gasteiger partial charge in [-0.3, -0.25) is 0 Å². The maximum absolute atomic E-state index is 11.8. The molecule has 19 heavy (non-hydrogen) atoms. The number of aliphatic hydroxyl groups excluding tert-OH is 1. The van der Waals surface area contributed by atoms with Gasteiger partial charge < -0.3 is 20.8 Å². The van der Waals surface area contributed by atoms with Crippen LogP contribution in [0, 0.1) is 5.92 Å². The quantitative estimate of drug-likeness (QED) is 0.617. The molecule has 0 spiro atoms. The first-order chi connectivity index (χ1) is 9.04. The number of amides is 2. The highest BCUT2D eigenvalue weighted by Gasteiger charge is 2.27. The molecule has 1 saturated carbocycles. The van der Waals surface area contributed by atoms with Gasteiger partial charge in [0.25, 0.3) is 0 Å². The molecule has 0 heterocycles. The average Bonchev–Trinajstić information content (AvgIpc) is 2.36. The highest BCUT2D eigenvalue weighted by Crippen LogP contribution is 2.24. The fourth-order valence-electron chi connectivity index (χ4n) is 2.46. The van der Waals surface area contributed by atoms with E-state index in [-0.39, 0.29) is 29.8 Å². The first-order valence-electron chi connectivity index (χ1n) is 6.59. The summed E-state index contributed by atoms with van der Waals surface area (Å²) in [6, 6.07) is 6.18. The van der Waals surface area contributed by atoms with Gasteiger partial charge in [0.2, 0.25) is 0 Å². The van der Waals surface area contributed by atoms with Crippen molar-refractivity contribution in [3.63, 3.8) is 0 Å². The van der Waals surface area contributed by atoms with Crippen LogP contribution in [0.2, 0.25) is 0 Å². The smallest absolute Gasteiger partial charge is 0.319 e. The first kappa shape index (κ1) is 13.7. The third-order valence-corrected chi connectivity index (χ3v) is 3.58. The molecule has 0 aromatic heterocycles. The van der Waals surface area contributed by atoms with Crippen LogP contribution in [0.5, 0.6) is 5.75 Å². The van der Waals surface area contributed by atoms with Crippen LogP contribution in [-0.4, -0.2) is 28.4 Å². The molecule has 5 nitrogen and oxygen atoms in total. The zero-order valence-corrected chi connectivity index (χ0v) is 11.0. The molecule has 0 radical (unpaired) electrons. The van der Waals surface area contributed by atoms with E-state index in [1.165, 1.54) is 12.1 Å². The van der Waals surface area contributed by atoms with E-state index in [0.717, 1.165) is 19.3 Å². The molecule has 3 atom stereocenters. The molecule has 1 aromatic rings. The Balaban J connectivity index is 1.85. The van der Waals surface area contributed by atoms with E-state index in [2.05, 4.69) is 10.6 Å². The fraction of sp³-hybridized carbons (Fsp3) is 0.500. The Labute approximate surface area is 112 Å². The summed E-state index contributed by atoms with van der Waals surface area (Å²) in [7, 11) is 0. The molecule has 2 amide bonds.